The van der Waals surface area contributed by atoms with E-state index in [4.69, 9.17) is 10.9 Å². The van der Waals surface area contributed by atoms with Crippen molar-refractivity contribution in [1.82, 2.24) is 9.88 Å². The Morgan fingerprint density at radius 1 is 1.50 bits per heavy atom. The number of hydrogen-bond acceptors (Lipinski definition) is 5. The Labute approximate surface area is 111 Å². The van der Waals surface area contributed by atoms with Crippen LogP contribution >= 0.6 is 11.8 Å². The van der Waals surface area contributed by atoms with E-state index in [1.54, 1.807) is 6.20 Å². The number of nitrogens with zero attached hydrogens (tertiary/aromatic N) is 3. The second-order valence-corrected chi connectivity index (χ2v) is 5.50. The SMILES string of the molecule is NC(=NO)c1cc(CN2CCCSCC2)ccn1. The number of oxime groups is 1. The molecule has 0 bridgehead atoms. The molecule has 5 nitrogen and oxygen atoms in total. The van der Waals surface area contributed by atoms with E-state index in [1.807, 2.05) is 23.9 Å². The topological polar surface area (TPSA) is 74.7 Å². The minimum atomic E-state index is 0.0586. The molecule has 1 fully saturated rings. The summed E-state index contributed by atoms with van der Waals surface area (Å²) in [5.41, 5.74) is 7.22. The molecule has 0 atom stereocenters. The average molecular weight is 266 g/mol. The van der Waals surface area contributed by atoms with Gasteiger partial charge in [-0.1, -0.05) is 5.16 Å². The monoisotopic (exact) mass is 266 g/mol. The van der Waals surface area contributed by atoms with E-state index in [2.05, 4.69) is 15.0 Å². The fraction of sp³-hybridized carbons (Fsp3) is 0.500. The Morgan fingerprint density at radius 2 is 2.39 bits per heavy atom. The minimum Gasteiger partial charge on any atom is -0.409 e. The van der Waals surface area contributed by atoms with Crippen LogP contribution in [0.2, 0.25) is 0 Å². The number of nitrogens with two attached hydrogens (primary N) is 1. The standard InChI is InChI=1S/C12H18N4OS/c13-12(15-17)11-8-10(2-3-14-11)9-16-4-1-6-18-7-5-16/h2-3,8,17H,1,4-7,9H2,(H2,13,15). The number of aromatic nitrogens is 1. The Hall–Kier alpha value is -1.27. The normalized spacial score (nSPS) is 18.6. The molecule has 0 aromatic carbocycles. The molecule has 6 heteroatoms. The molecule has 98 valence electrons. The summed E-state index contributed by atoms with van der Waals surface area (Å²) in [4.78, 5) is 6.52. The second-order valence-electron chi connectivity index (χ2n) is 4.28. The second kappa shape index (κ2) is 6.61. The van der Waals surface area contributed by atoms with E-state index in [0.717, 1.165) is 25.2 Å². The van der Waals surface area contributed by atoms with Gasteiger partial charge >= 0.3 is 0 Å². The molecule has 1 aromatic rings. The van der Waals surface area contributed by atoms with Gasteiger partial charge in [0.1, 0.15) is 5.69 Å². The fourth-order valence-corrected chi connectivity index (χ4v) is 2.90. The van der Waals surface area contributed by atoms with Crippen LogP contribution < -0.4 is 5.73 Å². The Morgan fingerprint density at radius 3 is 3.22 bits per heavy atom. The van der Waals surface area contributed by atoms with Gasteiger partial charge in [0.25, 0.3) is 0 Å². The van der Waals surface area contributed by atoms with Crippen molar-refractivity contribution in [2.75, 3.05) is 24.6 Å². The molecule has 0 radical (unpaired) electrons. The molecular weight excluding hydrogens is 248 g/mol. The Kier molecular flexibility index (Phi) is 4.83. The molecule has 0 aliphatic carbocycles. The number of thioether (sulfide) groups is 1. The van der Waals surface area contributed by atoms with Crippen LogP contribution in [0.25, 0.3) is 0 Å². The third-order valence-electron chi connectivity index (χ3n) is 2.92. The van der Waals surface area contributed by atoms with Crippen molar-refractivity contribution >= 4 is 17.6 Å². The molecule has 3 N–H and O–H groups in total. The van der Waals surface area contributed by atoms with Crippen molar-refractivity contribution in [3.05, 3.63) is 29.6 Å². The minimum absolute atomic E-state index is 0.0586. The lowest BCUT2D eigenvalue weighted by atomic mass is 10.2. The lowest BCUT2D eigenvalue weighted by Gasteiger charge is -2.19. The first kappa shape index (κ1) is 13.2. The first-order valence-corrected chi connectivity index (χ1v) is 7.18. The van der Waals surface area contributed by atoms with Crippen molar-refractivity contribution in [1.29, 1.82) is 0 Å². The molecule has 0 amide bonds. The molecule has 1 aromatic heterocycles. The van der Waals surface area contributed by atoms with Crippen LogP contribution in [0, 0.1) is 0 Å². The Balaban J connectivity index is 2.04. The zero-order valence-corrected chi connectivity index (χ0v) is 11.1. The van der Waals surface area contributed by atoms with Crippen LogP contribution in [0.4, 0.5) is 0 Å². The highest BCUT2D eigenvalue weighted by Gasteiger charge is 2.10. The summed E-state index contributed by atoms with van der Waals surface area (Å²) in [5.74, 6) is 2.50. The summed E-state index contributed by atoms with van der Waals surface area (Å²) < 4.78 is 0. The van der Waals surface area contributed by atoms with E-state index in [1.165, 1.54) is 17.9 Å². The lowest BCUT2D eigenvalue weighted by molar-refractivity contribution is 0.287. The van der Waals surface area contributed by atoms with Gasteiger partial charge in [0.05, 0.1) is 0 Å². The van der Waals surface area contributed by atoms with Gasteiger partial charge in [0.15, 0.2) is 5.84 Å². The highest BCUT2D eigenvalue weighted by atomic mass is 32.2. The number of amidine groups is 1. The number of hydrogen-bond donors (Lipinski definition) is 2. The van der Waals surface area contributed by atoms with E-state index in [9.17, 15) is 0 Å². The summed E-state index contributed by atoms with van der Waals surface area (Å²) in [6.07, 6.45) is 2.94. The third-order valence-corrected chi connectivity index (χ3v) is 3.96. The average Bonchev–Trinajstić information content (AvgIpc) is 2.67. The van der Waals surface area contributed by atoms with Gasteiger partial charge in [-0.15, -0.1) is 0 Å². The molecule has 1 saturated heterocycles. The van der Waals surface area contributed by atoms with Crippen molar-refractivity contribution in [2.24, 2.45) is 10.9 Å². The van der Waals surface area contributed by atoms with E-state index in [0.29, 0.717) is 5.69 Å². The van der Waals surface area contributed by atoms with Gasteiger partial charge in [-0.25, -0.2) is 0 Å². The maximum atomic E-state index is 8.65. The lowest BCUT2D eigenvalue weighted by Crippen LogP contribution is -2.25. The molecule has 0 spiro atoms. The van der Waals surface area contributed by atoms with Crippen LogP contribution in [0.1, 0.15) is 17.7 Å². The molecule has 0 saturated carbocycles. The highest BCUT2D eigenvalue weighted by molar-refractivity contribution is 7.99. The van der Waals surface area contributed by atoms with Gasteiger partial charge in [-0.3, -0.25) is 9.88 Å². The van der Waals surface area contributed by atoms with Gasteiger partial charge in [0, 0.05) is 25.0 Å². The summed E-state index contributed by atoms with van der Waals surface area (Å²) in [6.45, 7) is 3.15. The molecule has 18 heavy (non-hydrogen) atoms. The fourth-order valence-electron chi connectivity index (χ4n) is 1.98. The van der Waals surface area contributed by atoms with Gasteiger partial charge in [-0.2, -0.15) is 11.8 Å². The maximum absolute atomic E-state index is 8.65. The van der Waals surface area contributed by atoms with E-state index in [-0.39, 0.29) is 5.84 Å². The van der Waals surface area contributed by atoms with Crippen LogP contribution in [-0.2, 0) is 6.54 Å². The molecular formula is C12H18N4OS. The van der Waals surface area contributed by atoms with E-state index >= 15 is 0 Å². The molecule has 2 rings (SSSR count). The van der Waals surface area contributed by atoms with Crippen LogP contribution in [0.5, 0.6) is 0 Å². The van der Waals surface area contributed by atoms with Crippen molar-refractivity contribution in [2.45, 2.75) is 13.0 Å². The Bertz CT molecular complexity index is 416. The van der Waals surface area contributed by atoms with Gasteiger partial charge in [0.2, 0.25) is 0 Å². The van der Waals surface area contributed by atoms with E-state index < -0.39 is 0 Å². The van der Waals surface area contributed by atoms with Crippen LogP contribution in [-0.4, -0.2) is 45.5 Å². The van der Waals surface area contributed by atoms with Crippen molar-refractivity contribution < 1.29 is 5.21 Å². The van der Waals surface area contributed by atoms with Crippen molar-refractivity contribution in [3.63, 3.8) is 0 Å². The predicted octanol–water partition coefficient (Wildman–Crippen LogP) is 1.11. The molecule has 0 unspecified atom stereocenters. The molecule has 1 aliphatic heterocycles. The van der Waals surface area contributed by atoms with Crippen molar-refractivity contribution in [3.8, 4) is 0 Å². The quantitative estimate of drug-likeness (QED) is 0.371. The van der Waals surface area contributed by atoms with Crippen LogP contribution in [0.15, 0.2) is 23.5 Å². The summed E-state index contributed by atoms with van der Waals surface area (Å²) >= 11 is 2.02. The summed E-state index contributed by atoms with van der Waals surface area (Å²) in [5, 5.41) is 11.6. The zero-order valence-electron chi connectivity index (χ0n) is 10.2. The maximum Gasteiger partial charge on any atom is 0.188 e. The first-order valence-electron chi connectivity index (χ1n) is 6.02. The smallest absolute Gasteiger partial charge is 0.188 e. The van der Waals surface area contributed by atoms with Crippen LogP contribution in [0.3, 0.4) is 0 Å². The van der Waals surface area contributed by atoms with Gasteiger partial charge in [-0.05, 0) is 36.4 Å². The number of rotatable bonds is 3. The number of pyridine rings is 1. The van der Waals surface area contributed by atoms with Gasteiger partial charge < -0.3 is 10.9 Å². The first-order chi connectivity index (χ1) is 8.79. The predicted molar refractivity (Wildman–Crippen MR) is 74.0 cm³/mol. The largest absolute Gasteiger partial charge is 0.409 e. The third kappa shape index (κ3) is 3.61. The molecule has 1 aliphatic rings. The summed E-state index contributed by atoms with van der Waals surface area (Å²) in [7, 11) is 0. The highest BCUT2D eigenvalue weighted by Crippen LogP contribution is 2.13. The zero-order chi connectivity index (χ0) is 12.8. The summed E-state index contributed by atoms with van der Waals surface area (Å²) in [6, 6.07) is 3.86. The molecule has 2 heterocycles.